The van der Waals surface area contributed by atoms with Gasteiger partial charge in [-0.2, -0.15) is 0 Å². The highest BCUT2D eigenvalue weighted by molar-refractivity contribution is 5.94. The van der Waals surface area contributed by atoms with Crippen LogP contribution in [-0.2, 0) is 11.2 Å². The van der Waals surface area contributed by atoms with Gasteiger partial charge in [-0.1, -0.05) is 18.2 Å². The normalized spacial score (nSPS) is 13.8. The van der Waals surface area contributed by atoms with Crippen LogP contribution in [0.15, 0.2) is 53.5 Å². The topological polar surface area (TPSA) is 88.7 Å². The molecule has 0 saturated carbocycles. The van der Waals surface area contributed by atoms with Gasteiger partial charge in [0.2, 0.25) is 5.91 Å². The number of aryl methyl sites for hydroxylation is 1. The molecule has 2 aromatic carbocycles. The second-order valence-electron chi connectivity index (χ2n) is 5.47. The van der Waals surface area contributed by atoms with E-state index in [1.54, 1.807) is 0 Å². The van der Waals surface area contributed by atoms with E-state index in [-0.39, 0.29) is 5.91 Å². The summed E-state index contributed by atoms with van der Waals surface area (Å²) < 4.78 is 5.70. The lowest BCUT2D eigenvalue weighted by Gasteiger charge is -2.17. The van der Waals surface area contributed by atoms with Crippen molar-refractivity contribution in [3.8, 4) is 5.75 Å². The molecule has 24 heavy (non-hydrogen) atoms. The highest BCUT2D eigenvalue weighted by Gasteiger charge is 2.14. The van der Waals surface area contributed by atoms with Crippen molar-refractivity contribution in [2.24, 2.45) is 10.7 Å². The van der Waals surface area contributed by atoms with Gasteiger partial charge >= 0.3 is 0 Å². The Morgan fingerprint density at radius 3 is 2.88 bits per heavy atom. The summed E-state index contributed by atoms with van der Waals surface area (Å²) in [5, 5.41) is 5.87. The van der Waals surface area contributed by atoms with Crippen LogP contribution in [0.1, 0.15) is 12.0 Å². The van der Waals surface area contributed by atoms with Crippen LogP contribution in [0.3, 0.4) is 0 Å². The first-order chi connectivity index (χ1) is 11.7. The Kier molecular flexibility index (Phi) is 4.96. The maximum Gasteiger partial charge on any atom is 0.224 e. The van der Waals surface area contributed by atoms with Gasteiger partial charge < -0.3 is 21.1 Å². The molecular weight excluding hydrogens is 304 g/mol. The van der Waals surface area contributed by atoms with Crippen LogP contribution in [-0.4, -0.2) is 25.0 Å². The molecule has 6 nitrogen and oxygen atoms in total. The number of amides is 1. The molecule has 4 N–H and O–H groups in total. The van der Waals surface area contributed by atoms with Crippen LogP contribution >= 0.6 is 0 Å². The van der Waals surface area contributed by atoms with E-state index in [4.69, 9.17) is 10.5 Å². The number of benzene rings is 2. The first-order valence-corrected chi connectivity index (χ1v) is 7.88. The molecule has 0 atom stereocenters. The van der Waals surface area contributed by atoms with Gasteiger partial charge in [0.25, 0.3) is 0 Å². The van der Waals surface area contributed by atoms with Crippen molar-refractivity contribution >= 4 is 23.2 Å². The highest BCUT2D eigenvalue weighted by Crippen LogP contribution is 2.26. The predicted molar refractivity (Wildman–Crippen MR) is 95.4 cm³/mol. The summed E-state index contributed by atoms with van der Waals surface area (Å²) in [4.78, 5) is 15.6. The van der Waals surface area contributed by atoms with Crippen LogP contribution in [0.5, 0.6) is 5.75 Å². The molecule has 124 valence electrons. The van der Waals surface area contributed by atoms with E-state index in [2.05, 4.69) is 15.6 Å². The average molecular weight is 324 g/mol. The summed E-state index contributed by atoms with van der Waals surface area (Å²) in [6, 6.07) is 15.3. The summed E-state index contributed by atoms with van der Waals surface area (Å²) in [5.41, 5.74) is 8.70. The zero-order chi connectivity index (χ0) is 16.8. The quantitative estimate of drug-likeness (QED) is 0.447. The van der Waals surface area contributed by atoms with E-state index in [1.807, 2.05) is 48.5 Å². The maximum atomic E-state index is 11.3. The van der Waals surface area contributed by atoms with Crippen LogP contribution < -0.4 is 21.1 Å². The van der Waals surface area contributed by atoms with E-state index >= 15 is 0 Å². The minimum absolute atomic E-state index is 0.0619. The molecule has 0 aromatic heterocycles. The Balaban J connectivity index is 1.48. The zero-order valence-corrected chi connectivity index (χ0v) is 13.3. The number of nitrogens with one attached hydrogen (secondary N) is 2. The van der Waals surface area contributed by atoms with Crippen molar-refractivity contribution < 1.29 is 9.53 Å². The van der Waals surface area contributed by atoms with Crippen LogP contribution in [0.25, 0.3) is 0 Å². The molecule has 1 aliphatic rings. The number of nitrogens with zero attached hydrogens (tertiary/aromatic N) is 1. The molecule has 2 aromatic rings. The Hall–Kier alpha value is -3.02. The summed E-state index contributed by atoms with van der Waals surface area (Å²) in [7, 11) is 0. The fourth-order valence-electron chi connectivity index (χ4n) is 2.49. The van der Waals surface area contributed by atoms with E-state index in [9.17, 15) is 4.79 Å². The lowest BCUT2D eigenvalue weighted by Crippen LogP contribution is -2.23. The third kappa shape index (κ3) is 4.25. The second kappa shape index (κ2) is 7.50. The molecule has 0 spiro atoms. The van der Waals surface area contributed by atoms with Gasteiger partial charge in [0.1, 0.15) is 12.4 Å². The van der Waals surface area contributed by atoms with Crippen molar-refractivity contribution in [2.45, 2.75) is 12.8 Å². The van der Waals surface area contributed by atoms with E-state index in [0.29, 0.717) is 25.5 Å². The maximum absolute atomic E-state index is 11.3. The molecule has 0 fully saturated rings. The van der Waals surface area contributed by atoms with Gasteiger partial charge in [-0.3, -0.25) is 4.79 Å². The monoisotopic (exact) mass is 324 g/mol. The number of carbonyl (C=O) groups excluding carboxylic acids is 1. The van der Waals surface area contributed by atoms with E-state index in [0.717, 1.165) is 29.1 Å². The van der Waals surface area contributed by atoms with Crippen molar-refractivity contribution in [1.82, 2.24) is 0 Å². The molecule has 3 rings (SSSR count). The molecule has 1 aliphatic heterocycles. The van der Waals surface area contributed by atoms with Gasteiger partial charge in [0.15, 0.2) is 5.96 Å². The fraction of sp³-hybridized carbons (Fsp3) is 0.222. The Labute approximate surface area is 140 Å². The number of fused-ring (bicyclic) bond motifs is 1. The molecule has 1 heterocycles. The second-order valence-corrected chi connectivity index (χ2v) is 5.47. The Morgan fingerprint density at radius 2 is 2.04 bits per heavy atom. The first kappa shape index (κ1) is 15.9. The SMILES string of the molecule is NC(=NCCOc1ccc2c(c1)CCC(=O)N2)Nc1ccccc1. The number of nitrogens with two attached hydrogens (primary N) is 1. The fourth-order valence-corrected chi connectivity index (χ4v) is 2.49. The zero-order valence-electron chi connectivity index (χ0n) is 13.3. The molecule has 0 radical (unpaired) electrons. The highest BCUT2D eigenvalue weighted by atomic mass is 16.5. The van der Waals surface area contributed by atoms with Crippen molar-refractivity contribution in [3.05, 3.63) is 54.1 Å². The van der Waals surface area contributed by atoms with Gasteiger partial charge in [-0.15, -0.1) is 0 Å². The Morgan fingerprint density at radius 1 is 1.21 bits per heavy atom. The van der Waals surface area contributed by atoms with Crippen molar-refractivity contribution in [3.63, 3.8) is 0 Å². The minimum Gasteiger partial charge on any atom is -0.492 e. The van der Waals surface area contributed by atoms with Crippen LogP contribution in [0.4, 0.5) is 11.4 Å². The molecule has 6 heteroatoms. The van der Waals surface area contributed by atoms with Crippen LogP contribution in [0.2, 0.25) is 0 Å². The largest absolute Gasteiger partial charge is 0.492 e. The van der Waals surface area contributed by atoms with E-state index in [1.165, 1.54) is 0 Å². The van der Waals surface area contributed by atoms with Crippen molar-refractivity contribution in [1.29, 1.82) is 0 Å². The number of aliphatic imine (C=N–C) groups is 1. The summed E-state index contributed by atoms with van der Waals surface area (Å²) in [6.07, 6.45) is 1.26. The summed E-state index contributed by atoms with van der Waals surface area (Å²) >= 11 is 0. The van der Waals surface area contributed by atoms with Gasteiger partial charge in [0, 0.05) is 17.8 Å². The van der Waals surface area contributed by atoms with Gasteiger partial charge in [0.05, 0.1) is 6.54 Å². The lowest BCUT2D eigenvalue weighted by atomic mass is 10.0. The van der Waals surface area contributed by atoms with E-state index < -0.39 is 0 Å². The number of anilines is 2. The minimum atomic E-state index is 0.0619. The summed E-state index contributed by atoms with van der Waals surface area (Å²) in [5.74, 6) is 1.19. The predicted octanol–water partition coefficient (Wildman–Crippen LogP) is 2.38. The van der Waals surface area contributed by atoms with Crippen molar-refractivity contribution in [2.75, 3.05) is 23.8 Å². The van der Waals surface area contributed by atoms with Gasteiger partial charge in [-0.05, 0) is 42.3 Å². The Bertz CT molecular complexity index is 744. The molecule has 0 bridgehead atoms. The average Bonchev–Trinajstić information content (AvgIpc) is 2.59. The third-order valence-corrected chi connectivity index (χ3v) is 3.66. The number of guanidine groups is 1. The smallest absolute Gasteiger partial charge is 0.224 e. The molecule has 0 aliphatic carbocycles. The number of ether oxygens (including phenoxy) is 1. The molecule has 0 saturated heterocycles. The van der Waals surface area contributed by atoms with Gasteiger partial charge in [-0.25, -0.2) is 4.99 Å². The number of rotatable bonds is 5. The standard InChI is InChI=1S/C18H20N4O2/c19-18(21-14-4-2-1-3-5-14)20-10-11-24-15-7-8-16-13(12-15)6-9-17(23)22-16/h1-5,7-8,12H,6,9-11H2,(H,22,23)(H3,19,20,21). The molecular formula is C18H20N4O2. The van der Waals surface area contributed by atoms with Crippen LogP contribution in [0, 0.1) is 0 Å². The first-order valence-electron chi connectivity index (χ1n) is 7.88. The summed E-state index contributed by atoms with van der Waals surface area (Å²) in [6.45, 7) is 0.891. The number of hydrogen-bond acceptors (Lipinski definition) is 3. The molecule has 1 amide bonds. The number of hydrogen-bond donors (Lipinski definition) is 3. The lowest BCUT2D eigenvalue weighted by molar-refractivity contribution is -0.116. The number of para-hydroxylation sites is 1. The number of carbonyl (C=O) groups is 1. The third-order valence-electron chi connectivity index (χ3n) is 3.66. The molecule has 0 unspecified atom stereocenters.